The van der Waals surface area contributed by atoms with Crippen LogP contribution in [0.5, 0.6) is 5.88 Å². The van der Waals surface area contributed by atoms with Gasteiger partial charge in [-0.3, -0.25) is 4.99 Å². The van der Waals surface area contributed by atoms with Crippen LogP contribution in [0.3, 0.4) is 0 Å². The number of rotatable bonds is 9. The minimum Gasteiger partial charge on any atom is -0.475 e. The second-order valence-corrected chi connectivity index (χ2v) is 6.60. The van der Waals surface area contributed by atoms with Gasteiger partial charge in [0, 0.05) is 38.0 Å². The first-order chi connectivity index (χ1) is 14.7. The fraction of sp³-hybridized carbons (Fsp3) is 0.318. The molecule has 30 heavy (non-hydrogen) atoms. The summed E-state index contributed by atoms with van der Waals surface area (Å²) < 4.78 is 16.3. The summed E-state index contributed by atoms with van der Waals surface area (Å²) in [6, 6.07) is 11.9. The van der Waals surface area contributed by atoms with Crippen LogP contribution in [0.4, 0.5) is 0 Å². The van der Waals surface area contributed by atoms with Crippen LogP contribution in [0.25, 0.3) is 11.5 Å². The smallest absolute Gasteiger partial charge is 0.226 e. The highest BCUT2D eigenvalue weighted by molar-refractivity contribution is 5.79. The molecule has 0 saturated heterocycles. The van der Waals surface area contributed by atoms with Crippen LogP contribution in [0.15, 0.2) is 58.3 Å². The average Bonchev–Trinajstić information content (AvgIpc) is 3.24. The largest absolute Gasteiger partial charge is 0.475 e. The van der Waals surface area contributed by atoms with Crippen molar-refractivity contribution in [3.63, 3.8) is 0 Å². The zero-order valence-corrected chi connectivity index (χ0v) is 17.5. The number of aliphatic imine (C=N–C) groups is 1. The molecule has 2 aromatic heterocycles. The Hall–Kier alpha value is -3.39. The molecule has 0 fully saturated rings. The Morgan fingerprint density at radius 2 is 1.90 bits per heavy atom. The topological polar surface area (TPSA) is 93.8 Å². The third-order valence-electron chi connectivity index (χ3n) is 4.33. The number of pyridine rings is 1. The molecule has 0 radical (unpaired) electrons. The molecule has 1 aromatic carbocycles. The van der Waals surface area contributed by atoms with E-state index in [1.165, 1.54) is 5.56 Å². The molecule has 0 aliphatic heterocycles. The standard InChI is InChI=1S/C22H27N5O3/c1-16-6-8-17(9-7-16)21-27-19(15-30-21)14-26-22(23-2)25-13-18-5-4-10-24-20(18)29-12-11-28-3/h4-10,15H,11-14H2,1-3H3,(H2,23,25,26). The maximum atomic E-state index is 5.67. The highest BCUT2D eigenvalue weighted by atomic mass is 16.5. The van der Waals surface area contributed by atoms with Crippen LogP contribution in [0.2, 0.25) is 0 Å². The zero-order chi connectivity index (χ0) is 21.2. The summed E-state index contributed by atoms with van der Waals surface area (Å²) in [4.78, 5) is 13.1. The molecule has 0 bridgehead atoms. The van der Waals surface area contributed by atoms with Crippen molar-refractivity contribution in [1.29, 1.82) is 0 Å². The molecule has 2 N–H and O–H groups in total. The first kappa shape index (κ1) is 21.3. The van der Waals surface area contributed by atoms with Crippen LogP contribution in [-0.4, -0.2) is 43.3 Å². The number of benzene rings is 1. The molecule has 3 aromatic rings. The molecule has 158 valence electrons. The van der Waals surface area contributed by atoms with Gasteiger partial charge in [0.25, 0.3) is 0 Å². The molecule has 0 amide bonds. The monoisotopic (exact) mass is 409 g/mol. The highest BCUT2D eigenvalue weighted by Gasteiger charge is 2.09. The number of ether oxygens (including phenoxy) is 2. The van der Waals surface area contributed by atoms with E-state index in [-0.39, 0.29) is 0 Å². The van der Waals surface area contributed by atoms with Crippen molar-refractivity contribution in [3.8, 4) is 17.3 Å². The number of hydrogen-bond donors (Lipinski definition) is 2. The highest BCUT2D eigenvalue weighted by Crippen LogP contribution is 2.19. The van der Waals surface area contributed by atoms with Gasteiger partial charge in [0.1, 0.15) is 12.9 Å². The number of aromatic nitrogens is 2. The van der Waals surface area contributed by atoms with Crippen molar-refractivity contribution in [3.05, 3.63) is 65.7 Å². The van der Waals surface area contributed by atoms with Crippen molar-refractivity contribution in [1.82, 2.24) is 20.6 Å². The lowest BCUT2D eigenvalue weighted by molar-refractivity contribution is 0.143. The number of methoxy groups -OCH3 is 1. The maximum absolute atomic E-state index is 5.67. The fourth-order valence-electron chi connectivity index (χ4n) is 2.70. The van der Waals surface area contributed by atoms with Gasteiger partial charge in [-0.1, -0.05) is 23.8 Å². The molecule has 8 heteroatoms. The van der Waals surface area contributed by atoms with Gasteiger partial charge in [-0.25, -0.2) is 9.97 Å². The SMILES string of the molecule is CN=C(NCc1coc(-c2ccc(C)cc2)n1)NCc1cccnc1OCCOC. The van der Waals surface area contributed by atoms with Crippen LogP contribution in [0, 0.1) is 6.92 Å². The molecule has 0 spiro atoms. The molecule has 0 atom stereocenters. The van der Waals surface area contributed by atoms with Crippen molar-refractivity contribution in [2.24, 2.45) is 4.99 Å². The van der Waals surface area contributed by atoms with E-state index in [9.17, 15) is 0 Å². The molecule has 2 heterocycles. The van der Waals surface area contributed by atoms with Gasteiger partial charge in [0.2, 0.25) is 11.8 Å². The van der Waals surface area contributed by atoms with Crippen molar-refractivity contribution in [2.75, 3.05) is 27.4 Å². The summed E-state index contributed by atoms with van der Waals surface area (Å²) in [5, 5.41) is 6.50. The number of oxazole rings is 1. The summed E-state index contributed by atoms with van der Waals surface area (Å²) in [5.41, 5.74) is 3.87. The van der Waals surface area contributed by atoms with Gasteiger partial charge in [-0.15, -0.1) is 0 Å². The Balaban J connectivity index is 1.53. The Labute approximate surface area is 176 Å². The number of hydrogen-bond acceptors (Lipinski definition) is 6. The van der Waals surface area contributed by atoms with Crippen LogP contribution in [-0.2, 0) is 17.8 Å². The van der Waals surface area contributed by atoms with E-state index >= 15 is 0 Å². The molecule has 0 unspecified atom stereocenters. The number of aryl methyl sites for hydroxylation is 1. The average molecular weight is 409 g/mol. The molecule has 0 aliphatic carbocycles. The Morgan fingerprint density at radius 3 is 2.67 bits per heavy atom. The lowest BCUT2D eigenvalue weighted by Gasteiger charge is -2.13. The van der Waals surface area contributed by atoms with E-state index in [2.05, 4.69) is 25.6 Å². The second kappa shape index (κ2) is 11.0. The third-order valence-corrected chi connectivity index (χ3v) is 4.33. The molecular formula is C22H27N5O3. The number of nitrogens with one attached hydrogen (secondary N) is 2. The van der Waals surface area contributed by atoms with Crippen LogP contribution >= 0.6 is 0 Å². The van der Waals surface area contributed by atoms with E-state index in [4.69, 9.17) is 13.9 Å². The first-order valence-electron chi connectivity index (χ1n) is 9.71. The maximum Gasteiger partial charge on any atom is 0.226 e. The predicted molar refractivity (Wildman–Crippen MR) is 115 cm³/mol. The second-order valence-electron chi connectivity index (χ2n) is 6.60. The number of nitrogens with zero attached hydrogens (tertiary/aromatic N) is 3. The summed E-state index contributed by atoms with van der Waals surface area (Å²) in [5.74, 6) is 1.82. The van der Waals surface area contributed by atoms with Gasteiger partial charge in [-0.2, -0.15) is 0 Å². The Kier molecular flexibility index (Phi) is 7.79. The van der Waals surface area contributed by atoms with Gasteiger partial charge in [0.05, 0.1) is 18.8 Å². The summed E-state index contributed by atoms with van der Waals surface area (Å²) in [7, 11) is 3.35. The quantitative estimate of drug-likeness (QED) is 0.319. The van der Waals surface area contributed by atoms with Gasteiger partial charge < -0.3 is 24.5 Å². The van der Waals surface area contributed by atoms with Crippen molar-refractivity contribution >= 4 is 5.96 Å². The normalized spacial score (nSPS) is 11.4. The van der Waals surface area contributed by atoms with Crippen LogP contribution < -0.4 is 15.4 Å². The molecular weight excluding hydrogens is 382 g/mol. The van der Waals surface area contributed by atoms with Gasteiger partial charge in [-0.05, 0) is 25.1 Å². The molecule has 0 saturated carbocycles. The van der Waals surface area contributed by atoms with Gasteiger partial charge in [0.15, 0.2) is 5.96 Å². The molecule has 8 nitrogen and oxygen atoms in total. The third kappa shape index (κ3) is 6.05. The zero-order valence-electron chi connectivity index (χ0n) is 17.5. The van der Waals surface area contributed by atoms with E-state index in [0.29, 0.717) is 44.0 Å². The molecule has 0 aliphatic rings. The van der Waals surface area contributed by atoms with Crippen molar-refractivity contribution < 1.29 is 13.9 Å². The minimum atomic E-state index is 0.447. The van der Waals surface area contributed by atoms with E-state index in [1.807, 2.05) is 43.3 Å². The predicted octanol–water partition coefficient (Wildman–Crippen LogP) is 2.94. The molecule has 3 rings (SSSR count). The van der Waals surface area contributed by atoms with Crippen molar-refractivity contribution in [2.45, 2.75) is 20.0 Å². The van der Waals surface area contributed by atoms with Crippen LogP contribution in [0.1, 0.15) is 16.8 Å². The summed E-state index contributed by atoms with van der Waals surface area (Å²) >= 11 is 0. The minimum absolute atomic E-state index is 0.447. The Bertz CT molecular complexity index is 953. The summed E-state index contributed by atoms with van der Waals surface area (Å²) in [6.45, 7) is 4.01. The van der Waals surface area contributed by atoms with Gasteiger partial charge >= 0.3 is 0 Å². The first-order valence-corrected chi connectivity index (χ1v) is 9.71. The fourth-order valence-corrected chi connectivity index (χ4v) is 2.70. The number of guanidine groups is 1. The Morgan fingerprint density at radius 1 is 1.10 bits per heavy atom. The van der Waals surface area contributed by atoms with E-state index in [1.54, 1.807) is 26.6 Å². The summed E-state index contributed by atoms with van der Waals surface area (Å²) in [6.07, 6.45) is 3.35. The lowest BCUT2D eigenvalue weighted by atomic mass is 10.1. The van der Waals surface area contributed by atoms with E-state index in [0.717, 1.165) is 16.8 Å². The van der Waals surface area contributed by atoms with E-state index < -0.39 is 0 Å². The lowest BCUT2D eigenvalue weighted by Crippen LogP contribution is -2.36.